The Labute approximate surface area is 172 Å². The number of carbonyl (C=O) groups is 2. The molecule has 6 rings (SSSR count). The van der Waals surface area contributed by atoms with E-state index in [1.807, 2.05) is 18.2 Å². The van der Waals surface area contributed by atoms with Gasteiger partial charge >= 0.3 is 0 Å². The Balaban J connectivity index is 1.18. The van der Waals surface area contributed by atoms with Crippen molar-refractivity contribution in [2.75, 3.05) is 11.9 Å². The van der Waals surface area contributed by atoms with Gasteiger partial charge in [0.05, 0.1) is 0 Å². The first kappa shape index (κ1) is 18.4. The minimum Gasteiger partial charge on any atom is -0.351 e. The van der Waals surface area contributed by atoms with Crippen molar-refractivity contribution in [2.24, 2.45) is 23.2 Å². The summed E-state index contributed by atoms with van der Waals surface area (Å²) in [5.74, 6) is 2.52. The SMILES string of the molecule is O=C(NCC12CC3CC(CC(C3)C1)C2)c1ccc(NC(=O)c2ccccc2)cc1. The van der Waals surface area contributed by atoms with Crippen molar-refractivity contribution in [1.29, 1.82) is 0 Å². The lowest BCUT2D eigenvalue weighted by Crippen LogP contribution is -2.51. The lowest BCUT2D eigenvalue weighted by atomic mass is 9.49. The standard InChI is InChI=1S/C25H28N2O2/c28-23(26-16-25-13-17-10-18(14-25)12-19(11-17)15-25)21-6-8-22(9-7-21)27-24(29)20-4-2-1-3-5-20/h1-9,17-19H,10-16H2,(H,26,28)(H,27,29). The third-order valence-electron chi connectivity index (χ3n) is 7.23. The van der Waals surface area contributed by atoms with E-state index in [1.165, 1.54) is 38.5 Å². The molecule has 4 aliphatic rings. The van der Waals surface area contributed by atoms with Gasteiger partial charge in [0.2, 0.25) is 0 Å². The number of benzene rings is 2. The molecule has 4 nitrogen and oxygen atoms in total. The van der Waals surface area contributed by atoms with Crippen LogP contribution in [0.5, 0.6) is 0 Å². The second kappa shape index (κ2) is 7.33. The summed E-state index contributed by atoms with van der Waals surface area (Å²) in [4.78, 5) is 24.9. The van der Waals surface area contributed by atoms with Gasteiger partial charge in [0.25, 0.3) is 11.8 Å². The number of rotatable bonds is 5. The van der Waals surface area contributed by atoms with Gasteiger partial charge in [-0.25, -0.2) is 0 Å². The smallest absolute Gasteiger partial charge is 0.255 e. The molecule has 150 valence electrons. The molecule has 2 aromatic carbocycles. The molecule has 2 amide bonds. The first-order chi connectivity index (χ1) is 14.1. The molecule has 4 aliphatic carbocycles. The number of hydrogen-bond donors (Lipinski definition) is 2. The van der Waals surface area contributed by atoms with Crippen molar-refractivity contribution in [3.8, 4) is 0 Å². The zero-order valence-electron chi connectivity index (χ0n) is 16.7. The number of hydrogen-bond acceptors (Lipinski definition) is 2. The largest absolute Gasteiger partial charge is 0.351 e. The minimum absolute atomic E-state index is 0.0123. The van der Waals surface area contributed by atoms with Gasteiger partial charge in [-0.2, -0.15) is 0 Å². The van der Waals surface area contributed by atoms with Crippen LogP contribution in [0.3, 0.4) is 0 Å². The lowest BCUT2D eigenvalue weighted by Gasteiger charge is -2.56. The highest BCUT2D eigenvalue weighted by atomic mass is 16.2. The number of carbonyl (C=O) groups excluding carboxylic acids is 2. The number of nitrogens with one attached hydrogen (secondary N) is 2. The fraction of sp³-hybridized carbons (Fsp3) is 0.440. The van der Waals surface area contributed by atoms with Crippen LogP contribution in [0, 0.1) is 23.2 Å². The average Bonchev–Trinajstić information content (AvgIpc) is 2.72. The van der Waals surface area contributed by atoms with Gasteiger partial charge in [0, 0.05) is 23.4 Å². The third kappa shape index (κ3) is 3.81. The predicted octanol–water partition coefficient (Wildman–Crippen LogP) is 4.89. The van der Waals surface area contributed by atoms with Crippen LogP contribution in [0.1, 0.15) is 59.2 Å². The Morgan fingerprint density at radius 1 is 0.759 bits per heavy atom. The molecule has 4 fully saturated rings. The highest BCUT2D eigenvalue weighted by Gasteiger charge is 2.50. The highest BCUT2D eigenvalue weighted by molar-refractivity contribution is 6.04. The van der Waals surface area contributed by atoms with Crippen molar-refractivity contribution < 1.29 is 9.59 Å². The number of amides is 2. The monoisotopic (exact) mass is 388 g/mol. The predicted molar refractivity (Wildman–Crippen MR) is 114 cm³/mol. The van der Waals surface area contributed by atoms with E-state index in [2.05, 4.69) is 10.6 Å². The Morgan fingerprint density at radius 3 is 1.90 bits per heavy atom. The summed E-state index contributed by atoms with van der Waals surface area (Å²) < 4.78 is 0. The Hall–Kier alpha value is -2.62. The van der Waals surface area contributed by atoms with Gasteiger partial charge in [-0.15, -0.1) is 0 Å². The Bertz CT molecular complexity index is 869. The maximum absolute atomic E-state index is 12.7. The number of anilines is 1. The van der Waals surface area contributed by atoms with Gasteiger partial charge in [0.15, 0.2) is 0 Å². The molecule has 0 aliphatic heterocycles. The first-order valence-corrected chi connectivity index (χ1v) is 10.8. The maximum atomic E-state index is 12.7. The fourth-order valence-corrected chi connectivity index (χ4v) is 6.37. The summed E-state index contributed by atoms with van der Waals surface area (Å²) in [5, 5.41) is 6.09. The van der Waals surface area contributed by atoms with E-state index in [9.17, 15) is 9.59 Å². The van der Waals surface area contributed by atoms with E-state index in [1.54, 1.807) is 36.4 Å². The van der Waals surface area contributed by atoms with E-state index in [0.29, 0.717) is 22.2 Å². The van der Waals surface area contributed by atoms with Crippen molar-refractivity contribution in [2.45, 2.75) is 38.5 Å². The van der Waals surface area contributed by atoms with Crippen LogP contribution in [-0.4, -0.2) is 18.4 Å². The van der Waals surface area contributed by atoms with Crippen LogP contribution in [0.4, 0.5) is 5.69 Å². The lowest BCUT2D eigenvalue weighted by molar-refractivity contribution is -0.0503. The molecule has 0 atom stereocenters. The van der Waals surface area contributed by atoms with E-state index >= 15 is 0 Å². The molecular formula is C25H28N2O2. The molecule has 0 heterocycles. The summed E-state index contributed by atoms with van der Waals surface area (Å²) in [7, 11) is 0. The van der Waals surface area contributed by atoms with Crippen molar-refractivity contribution in [3.63, 3.8) is 0 Å². The molecule has 0 saturated heterocycles. The van der Waals surface area contributed by atoms with Gasteiger partial charge in [0.1, 0.15) is 0 Å². The quantitative estimate of drug-likeness (QED) is 0.766. The van der Waals surface area contributed by atoms with E-state index in [-0.39, 0.29) is 11.8 Å². The van der Waals surface area contributed by atoms with Crippen molar-refractivity contribution >= 4 is 17.5 Å². The average molecular weight is 389 g/mol. The Morgan fingerprint density at radius 2 is 1.31 bits per heavy atom. The van der Waals surface area contributed by atoms with Crippen LogP contribution in [0.25, 0.3) is 0 Å². The molecule has 4 heteroatoms. The summed E-state index contributed by atoms with van der Waals surface area (Å²) in [6.07, 6.45) is 8.15. The molecule has 2 N–H and O–H groups in total. The van der Waals surface area contributed by atoms with Crippen LogP contribution in [0.2, 0.25) is 0 Å². The van der Waals surface area contributed by atoms with E-state index in [4.69, 9.17) is 0 Å². The molecule has 0 aromatic heterocycles. The van der Waals surface area contributed by atoms with Crippen LogP contribution in [0.15, 0.2) is 54.6 Å². The maximum Gasteiger partial charge on any atom is 0.255 e. The van der Waals surface area contributed by atoms with Crippen molar-refractivity contribution in [3.05, 3.63) is 65.7 Å². The second-order valence-electron chi connectivity index (χ2n) is 9.50. The molecule has 4 bridgehead atoms. The third-order valence-corrected chi connectivity index (χ3v) is 7.23. The highest BCUT2D eigenvalue weighted by Crippen LogP contribution is 2.59. The van der Waals surface area contributed by atoms with Crippen molar-refractivity contribution in [1.82, 2.24) is 5.32 Å². The second-order valence-corrected chi connectivity index (χ2v) is 9.50. The van der Waals surface area contributed by atoms with Gasteiger partial charge < -0.3 is 10.6 Å². The molecule has 2 aromatic rings. The topological polar surface area (TPSA) is 58.2 Å². The van der Waals surface area contributed by atoms with Gasteiger partial charge in [-0.3, -0.25) is 9.59 Å². The normalized spacial score (nSPS) is 29.4. The molecule has 0 unspecified atom stereocenters. The zero-order valence-corrected chi connectivity index (χ0v) is 16.7. The van der Waals surface area contributed by atoms with Gasteiger partial charge in [-0.1, -0.05) is 18.2 Å². The summed E-state index contributed by atoms with van der Waals surface area (Å²) in [6.45, 7) is 0.807. The van der Waals surface area contributed by atoms with E-state index in [0.717, 1.165) is 24.3 Å². The minimum atomic E-state index is -0.149. The molecule has 29 heavy (non-hydrogen) atoms. The summed E-state index contributed by atoms with van der Waals surface area (Å²) in [5.41, 5.74) is 2.29. The van der Waals surface area contributed by atoms with Crippen LogP contribution in [-0.2, 0) is 0 Å². The molecule has 0 radical (unpaired) electrons. The van der Waals surface area contributed by atoms with Gasteiger partial charge in [-0.05, 0) is 98.1 Å². The first-order valence-electron chi connectivity index (χ1n) is 10.8. The molecular weight excluding hydrogens is 360 g/mol. The summed E-state index contributed by atoms with van der Waals surface area (Å²) >= 11 is 0. The van der Waals surface area contributed by atoms with Crippen LogP contribution < -0.4 is 10.6 Å². The molecule has 0 spiro atoms. The molecule has 4 saturated carbocycles. The van der Waals surface area contributed by atoms with Crippen LogP contribution >= 0.6 is 0 Å². The zero-order chi connectivity index (χ0) is 19.8. The Kier molecular flexibility index (Phi) is 4.65. The van der Waals surface area contributed by atoms with E-state index < -0.39 is 0 Å². The fourth-order valence-electron chi connectivity index (χ4n) is 6.37. The summed E-state index contributed by atoms with van der Waals surface area (Å²) in [6, 6.07) is 16.3.